The number of nitrogens with one attached hydrogen (secondary N) is 1. The highest BCUT2D eigenvalue weighted by atomic mass is 16.5. The molecule has 24 heavy (non-hydrogen) atoms. The second kappa shape index (κ2) is 5.85. The smallest absolute Gasteiger partial charge is 0.162 e. The van der Waals surface area contributed by atoms with Crippen LogP contribution in [0.5, 0.6) is 11.5 Å². The molecule has 1 aliphatic heterocycles. The molecular formula is C18H22N4O2. The summed E-state index contributed by atoms with van der Waals surface area (Å²) >= 11 is 0. The van der Waals surface area contributed by atoms with E-state index in [1.165, 1.54) is 12.8 Å². The number of H-pyrrole nitrogens is 1. The number of anilines is 1. The summed E-state index contributed by atoms with van der Waals surface area (Å²) in [6.07, 6.45) is 4.06. The largest absolute Gasteiger partial charge is 0.493 e. The maximum absolute atomic E-state index is 5.43. The molecule has 0 atom stereocenters. The number of rotatable bonds is 3. The van der Waals surface area contributed by atoms with Crippen molar-refractivity contribution in [1.29, 1.82) is 0 Å². The lowest BCUT2D eigenvalue weighted by Crippen LogP contribution is -2.33. The van der Waals surface area contributed by atoms with Gasteiger partial charge in [0.1, 0.15) is 17.4 Å². The number of hydrogen-bond donors (Lipinski definition) is 1. The molecule has 0 radical (unpaired) electrons. The lowest BCUT2D eigenvalue weighted by Gasteiger charge is -2.31. The van der Waals surface area contributed by atoms with Crippen LogP contribution in [0.3, 0.4) is 0 Å². The maximum Gasteiger partial charge on any atom is 0.162 e. The summed E-state index contributed by atoms with van der Waals surface area (Å²) in [5, 5.41) is 1.02. The first-order valence-electron chi connectivity index (χ1n) is 8.34. The van der Waals surface area contributed by atoms with Crippen LogP contribution in [0.2, 0.25) is 0 Å². The molecule has 0 unspecified atom stereocenters. The fraction of sp³-hybridized carbons (Fsp3) is 0.444. The van der Waals surface area contributed by atoms with E-state index >= 15 is 0 Å². The molecule has 0 amide bonds. The van der Waals surface area contributed by atoms with E-state index in [-0.39, 0.29) is 0 Å². The first-order chi connectivity index (χ1) is 11.7. The van der Waals surface area contributed by atoms with Gasteiger partial charge in [-0.1, -0.05) is 6.92 Å². The van der Waals surface area contributed by atoms with Crippen LogP contribution in [0.1, 0.15) is 19.8 Å². The van der Waals surface area contributed by atoms with Crippen LogP contribution in [0.4, 0.5) is 5.82 Å². The Labute approximate surface area is 140 Å². The Morgan fingerprint density at radius 2 is 1.79 bits per heavy atom. The maximum atomic E-state index is 5.43. The molecule has 2 aromatic heterocycles. The Morgan fingerprint density at radius 1 is 1.08 bits per heavy atom. The monoisotopic (exact) mass is 326 g/mol. The van der Waals surface area contributed by atoms with Crippen molar-refractivity contribution in [3.8, 4) is 11.5 Å². The summed E-state index contributed by atoms with van der Waals surface area (Å²) in [6.45, 7) is 4.39. The van der Waals surface area contributed by atoms with Gasteiger partial charge in [0.15, 0.2) is 17.3 Å². The van der Waals surface area contributed by atoms with Gasteiger partial charge in [-0.25, -0.2) is 9.97 Å². The molecule has 0 spiro atoms. The predicted octanol–water partition coefficient (Wildman–Crippen LogP) is 3.36. The van der Waals surface area contributed by atoms with Gasteiger partial charge < -0.3 is 19.4 Å². The number of nitrogens with zero attached hydrogens (tertiary/aromatic N) is 3. The fourth-order valence-corrected chi connectivity index (χ4v) is 3.47. The first-order valence-corrected chi connectivity index (χ1v) is 8.34. The van der Waals surface area contributed by atoms with Gasteiger partial charge in [0, 0.05) is 24.5 Å². The topological polar surface area (TPSA) is 63.3 Å². The van der Waals surface area contributed by atoms with Crippen LogP contribution in [-0.4, -0.2) is 42.3 Å². The number of methoxy groups -OCH3 is 2. The van der Waals surface area contributed by atoms with E-state index in [2.05, 4.69) is 26.8 Å². The minimum Gasteiger partial charge on any atom is -0.493 e. The van der Waals surface area contributed by atoms with E-state index in [0.29, 0.717) is 11.5 Å². The van der Waals surface area contributed by atoms with Gasteiger partial charge in [0.25, 0.3) is 0 Å². The summed E-state index contributed by atoms with van der Waals surface area (Å²) in [7, 11) is 3.29. The van der Waals surface area contributed by atoms with Crippen LogP contribution in [0.25, 0.3) is 21.9 Å². The fourth-order valence-electron chi connectivity index (χ4n) is 3.47. The quantitative estimate of drug-likeness (QED) is 0.799. The van der Waals surface area contributed by atoms with Gasteiger partial charge in [-0.05, 0) is 24.8 Å². The third kappa shape index (κ3) is 2.33. The van der Waals surface area contributed by atoms with Crippen molar-refractivity contribution in [3.05, 3.63) is 18.5 Å². The molecular weight excluding hydrogens is 304 g/mol. The third-order valence-electron chi connectivity index (χ3n) is 4.95. The van der Waals surface area contributed by atoms with Crippen molar-refractivity contribution >= 4 is 27.8 Å². The van der Waals surface area contributed by atoms with Crippen molar-refractivity contribution in [1.82, 2.24) is 15.0 Å². The third-order valence-corrected chi connectivity index (χ3v) is 4.95. The lowest BCUT2D eigenvalue weighted by atomic mass is 9.99. The number of hydrogen-bond acceptors (Lipinski definition) is 5. The van der Waals surface area contributed by atoms with Gasteiger partial charge in [-0.15, -0.1) is 0 Å². The molecule has 1 aromatic carbocycles. The van der Waals surface area contributed by atoms with Crippen molar-refractivity contribution in [2.24, 2.45) is 5.92 Å². The van der Waals surface area contributed by atoms with Crippen LogP contribution in [-0.2, 0) is 0 Å². The number of aromatic amines is 1. The van der Waals surface area contributed by atoms with E-state index < -0.39 is 0 Å². The van der Waals surface area contributed by atoms with E-state index in [1.54, 1.807) is 20.5 Å². The Balaban J connectivity index is 1.88. The van der Waals surface area contributed by atoms with E-state index in [1.807, 2.05) is 12.1 Å². The second-order valence-electron chi connectivity index (χ2n) is 6.47. The summed E-state index contributed by atoms with van der Waals surface area (Å²) in [5.74, 6) is 3.19. The van der Waals surface area contributed by atoms with Crippen LogP contribution in [0.15, 0.2) is 18.5 Å². The van der Waals surface area contributed by atoms with E-state index in [4.69, 9.17) is 9.47 Å². The molecule has 1 saturated heterocycles. The Morgan fingerprint density at radius 3 is 2.50 bits per heavy atom. The Bertz CT molecular complexity index is 881. The molecule has 6 heteroatoms. The molecule has 4 rings (SSSR count). The molecule has 1 aliphatic rings. The Hall–Kier alpha value is -2.50. The number of benzene rings is 1. The second-order valence-corrected chi connectivity index (χ2v) is 6.47. The van der Waals surface area contributed by atoms with Crippen LogP contribution >= 0.6 is 0 Å². The minimum atomic E-state index is 0.706. The molecule has 3 heterocycles. The highest BCUT2D eigenvalue weighted by molar-refractivity contribution is 6.09. The average Bonchev–Trinajstić information content (AvgIpc) is 2.98. The van der Waals surface area contributed by atoms with Crippen LogP contribution in [0, 0.1) is 5.92 Å². The summed E-state index contributed by atoms with van der Waals surface area (Å²) in [5.41, 5.74) is 2.89. The van der Waals surface area contributed by atoms with Gasteiger partial charge >= 0.3 is 0 Å². The SMILES string of the molecule is COc1cc2[nH]c3c(N4CCC(C)CC4)ncnc3c2cc1OC. The minimum absolute atomic E-state index is 0.706. The van der Waals surface area contributed by atoms with E-state index in [9.17, 15) is 0 Å². The number of piperidine rings is 1. The molecule has 0 bridgehead atoms. The predicted molar refractivity (Wildman–Crippen MR) is 95.1 cm³/mol. The van der Waals surface area contributed by atoms with E-state index in [0.717, 1.165) is 46.8 Å². The standard InChI is InChI=1S/C18H22N4O2/c1-11-4-6-22(7-5-11)18-17-16(19-10-20-18)12-8-14(23-2)15(24-3)9-13(12)21-17/h8-11,21H,4-7H2,1-3H3. The van der Waals surface area contributed by atoms with Gasteiger partial charge in [0.05, 0.1) is 19.7 Å². The van der Waals surface area contributed by atoms with Gasteiger partial charge in [0.2, 0.25) is 0 Å². The molecule has 1 N–H and O–H groups in total. The molecule has 0 saturated carbocycles. The van der Waals surface area contributed by atoms with Crippen molar-refractivity contribution in [2.75, 3.05) is 32.2 Å². The number of fused-ring (bicyclic) bond motifs is 3. The summed E-state index contributed by atoms with van der Waals surface area (Å²) < 4.78 is 10.8. The van der Waals surface area contributed by atoms with Gasteiger partial charge in [-0.2, -0.15) is 0 Å². The van der Waals surface area contributed by atoms with Gasteiger partial charge in [-0.3, -0.25) is 0 Å². The lowest BCUT2D eigenvalue weighted by molar-refractivity contribution is 0.356. The molecule has 0 aliphatic carbocycles. The normalized spacial score (nSPS) is 16.0. The Kier molecular flexibility index (Phi) is 3.67. The zero-order valence-electron chi connectivity index (χ0n) is 14.3. The zero-order valence-corrected chi connectivity index (χ0v) is 14.3. The number of aromatic nitrogens is 3. The number of ether oxygens (including phenoxy) is 2. The molecule has 1 fully saturated rings. The highest BCUT2D eigenvalue weighted by Gasteiger charge is 2.21. The molecule has 6 nitrogen and oxygen atoms in total. The van der Waals surface area contributed by atoms with Crippen molar-refractivity contribution in [2.45, 2.75) is 19.8 Å². The highest BCUT2D eigenvalue weighted by Crippen LogP contribution is 2.37. The van der Waals surface area contributed by atoms with Crippen molar-refractivity contribution < 1.29 is 9.47 Å². The summed E-state index contributed by atoms with van der Waals surface area (Å²) in [6, 6.07) is 3.93. The molecule has 3 aromatic rings. The zero-order chi connectivity index (χ0) is 16.7. The summed E-state index contributed by atoms with van der Waals surface area (Å²) in [4.78, 5) is 14.9. The average molecular weight is 326 g/mol. The van der Waals surface area contributed by atoms with Crippen LogP contribution < -0.4 is 14.4 Å². The first kappa shape index (κ1) is 15.1. The molecule has 126 valence electrons. The van der Waals surface area contributed by atoms with Crippen molar-refractivity contribution in [3.63, 3.8) is 0 Å².